The molecule has 0 aliphatic rings. The number of anilines is 1. The molecule has 2 aromatic heterocycles. The Hall–Kier alpha value is -3.34. The van der Waals surface area contributed by atoms with Gasteiger partial charge in [-0.3, -0.25) is 4.79 Å². The number of aryl methyl sites for hydroxylation is 2. The Morgan fingerprint density at radius 2 is 1.92 bits per heavy atom. The molecule has 4 rings (SSSR count). The van der Waals surface area contributed by atoms with Gasteiger partial charge in [0.25, 0.3) is 5.91 Å². The van der Waals surface area contributed by atoms with E-state index in [0.717, 1.165) is 27.8 Å². The minimum Gasteiger partial charge on any atom is -0.459 e. The van der Waals surface area contributed by atoms with Crippen LogP contribution in [-0.2, 0) is 0 Å². The van der Waals surface area contributed by atoms with Gasteiger partial charge in [0, 0.05) is 11.3 Å². The molecule has 0 aliphatic carbocycles. The number of benzene rings is 2. The molecular formula is C20H16N2O3. The summed E-state index contributed by atoms with van der Waals surface area (Å²) in [6.07, 6.45) is 1.47. The molecule has 5 heteroatoms. The number of oxazole rings is 1. The Bertz CT molecular complexity index is 1060. The van der Waals surface area contributed by atoms with Crippen molar-refractivity contribution < 1.29 is 13.6 Å². The van der Waals surface area contributed by atoms with Crippen LogP contribution in [0.3, 0.4) is 0 Å². The Balaban J connectivity index is 1.71. The number of para-hydroxylation sites is 1. The lowest BCUT2D eigenvalue weighted by molar-refractivity contribution is 0.0996. The van der Waals surface area contributed by atoms with Crippen LogP contribution in [-0.4, -0.2) is 10.9 Å². The summed E-state index contributed by atoms with van der Waals surface area (Å²) >= 11 is 0. The summed E-state index contributed by atoms with van der Waals surface area (Å²) in [7, 11) is 0. The van der Waals surface area contributed by atoms with Crippen LogP contribution in [0.2, 0.25) is 0 Å². The van der Waals surface area contributed by atoms with Crippen molar-refractivity contribution in [3.8, 4) is 11.5 Å². The van der Waals surface area contributed by atoms with E-state index in [2.05, 4.69) is 10.3 Å². The third kappa shape index (κ3) is 2.80. The van der Waals surface area contributed by atoms with E-state index >= 15 is 0 Å². The summed E-state index contributed by atoms with van der Waals surface area (Å²) in [4.78, 5) is 16.8. The van der Waals surface area contributed by atoms with E-state index in [4.69, 9.17) is 8.83 Å². The predicted molar refractivity (Wildman–Crippen MR) is 95.6 cm³/mol. The number of hydrogen-bond acceptors (Lipinski definition) is 4. The molecule has 1 amide bonds. The third-order valence-corrected chi connectivity index (χ3v) is 4.10. The Morgan fingerprint density at radius 3 is 2.68 bits per heavy atom. The second-order valence-corrected chi connectivity index (χ2v) is 5.90. The molecule has 5 nitrogen and oxygen atoms in total. The molecule has 0 spiro atoms. The third-order valence-electron chi connectivity index (χ3n) is 4.10. The summed E-state index contributed by atoms with van der Waals surface area (Å²) in [6, 6.07) is 14.8. The number of rotatable bonds is 3. The van der Waals surface area contributed by atoms with Crippen molar-refractivity contribution >= 4 is 22.7 Å². The number of nitrogens with one attached hydrogen (secondary N) is 1. The zero-order valence-electron chi connectivity index (χ0n) is 13.9. The normalized spacial score (nSPS) is 11.0. The first-order valence-corrected chi connectivity index (χ1v) is 7.94. The van der Waals surface area contributed by atoms with E-state index in [1.54, 1.807) is 12.1 Å². The number of carbonyl (C=O) groups excluding carboxylic acids is 1. The van der Waals surface area contributed by atoms with Gasteiger partial charge >= 0.3 is 0 Å². The molecular weight excluding hydrogens is 316 g/mol. The second-order valence-electron chi connectivity index (χ2n) is 5.90. The molecule has 0 bridgehead atoms. The minimum absolute atomic E-state index is 0.266. The highest BCUT2D eigenvalue weighted by molar-refractivity contribution is 6.03. The molecule has 1 N–H and O–H groups in total. The smallest absolute Gasteiger partial charge is 0.291 e. The van der Waals surface area contributed by atoms with E-state index in [-0.39, 0.29) is 11.7 Å². The van der Waals surface area contributed by atoms with Crippen LogP contribution < -0.4 is 5.32 Å². The first-order chi connectivity index (χ1) is 12.1. The van der Waals surface area contributed by atoms with Crippen LogP contribution in [0.25, 0.3) is 22.6 Å². The number of furan rings is 1. The van der Waals surface area contributed by atoms with Gasteiger partial charge in [-0.2, -0.15) is 0 Å². The van der Waals surface area contributed by atoms with Gasteiger partial charge in [0.2, 0.25) is 5.89 Å². The average molecular weight is 332 g/mol. The first-order valence-electron chi connectivity index (χ1n) is 7.94. The van der Waals surface area contributed by atoms with Crippen molar-refractivity contribution in [1.29, 1.82) is 0 Å². The van der Waals surface area contributed by atoms with Crippen molar-refractivity contribution in [3.63, 3.8) is 0 Å². The fraction of sp³-hybridized carbons (Fsp3) is 0.100. The van der Waals surface area contributed by atoms with Gasteiger partial charge < -0.3 is 14.2 Å². The Labute approximate surface area is 144 Å². The molecule has 4 aromatic rings. The van der Waals surface area contributed by atoms with Crippen molar-refractivity contribution in [2.24, 2.45) is 0 Å². The number of carbonyl (C=O) groups is 1. The highest BCUT2D eigenvalue weighted by Gasteiger charge is 2.14. The molecule has 0 radical (unpaired) electrons. The van der Waals surface area contributed by atoms with Crippen LogP contribution in [0, 0.1) is 13.8 Å². The van der Waals surface area contributed by atoms with Gasteiger partial charge in [-0.25, -0.2) is 4.98 Å². The predicted octanol–water partition coefficient (Wildman–Crippen LogP) is 4.96. The molecule has 124 valence electrons. The van der Waals surface area contributed by atoms with Crippen LogP contribution in [0.5, 0.6) is 0 Å². The number of fused-ring (bicyclic) bond motifs is 1. The largest absolute Gasteiger partial charge is 0.459 e. The fourth-order valence-corrected chi connectivity index (χ4v) is 2.69. The highest BCUT2D eigenvalue weighted by Crippen LogP contribution is 2.29. The zero-order valence-corrected chi connectivity index (χ0v) is 13.9. The van der Waals surface area contributed by atoms with E-state index in [1.807, 2.05) is 50.2 Å². The van der Waals surface area contributed by atoms with E-state index in [9.17, 15) is 4.79 Å². The van der Waals surface area contributed by atoms with Crippen LogP contribution in [0.1, 0.15) is 21.7 Å². The maximum absolute atomic E-state index is 12.2. The maximum atomic E-state index is 12.2. The summed E-state index contributed by atoms with van der Waals surface area (Å²) in [6.45, 7) is 3.93. The standard InChI is InChI=1S/C20H16N2O3/c1-12-8-9-14(11-15(12)21-19(23)17-7-4-10-24-17)20-22-18-13(2)5-3-6-16(18)25-20/h3-11H,1-2H3,(H,21,23). The summed E-state index contributed by atoms with van der Waals surface area (Å²) in [5.74, 6) is 0.499. The van der Waals surface area contributed by atoms with E-state index in [1.165, 1.54) is 6.26 Å². The fourth-order valence-electron chi connectivity index (χ4n) is 2.69. The number of amides is 1. The Morgan fingerprint density at radius 1 is 1.04 bits per heavy atom. The molecule has 0 atom stereocenters. The second kappa shape index (κ2) is 5.94. The summed E-state index contributed by atoms with van der Waals surface area (Å²) < 4.78 is 11.0. The van der Waals surface area contributed by atoms with Crippen molar-refractivity contribution in [1.82, 2.24) is 4.98 Å². The zero-order chi connectivity index (χ0) is 17.4. The van der Waals surface area contributed by atoms with Gasteiger partial charge in [0.1, 0.15) is 5.52 Å². The SMILES string of the molecule is Cc1ccc(-c2nc3c(C)cccc3o2)cc1NC(=O)c1ccco1. The number of hydrogen-bond donors (Lipinski definition) is 1. The first kappa shape index (κ1) is 15.2. The Kier molecular flexibility index (Phi) is 3.61. The van der Waals surface area contributed by atoms with Crippen LogP contribution >= 0.6 is 0 Å². The average Bonchev–Trinajstić information content (AvgIpc) is 3.26. The van der Waals surface area contributed by atoms with Crippen molar-refractivity contribution in [2.45, 2.75) is 13.8 Å². The van der Waals surface area contributed by atoms with Gasteiger partial charge in [-0.05, 0) is 55.3 Å². The van der Waals surface area contributed by atoms with Crippen LogP contribution in [0.15, 0.2) is 63.6 Å². The molecule has 2 aromatic carbocycles. The lowest BCUT2D eigenvalue weighted by Gasteiger charge is -2.08. The van der Waals surface area contributed by atoms with E-state index in [0.29, 0.717) is 11.6 Å². The van der Waals surface area contributed by atoms with Gasteiger partial charge in [-0.1, -0.05) is 18.2 Å². The molecule has 2 heterocycles. The van der Waals surface area contributed by atoms with Crippen molar-refractivity contribution in [3.05, 3.63) is 71.7 Å². The van der Waals surface area contributed by atoms with Crippen molar-refractivity contribution in [2.75, 3.05) is 5.32 Å². The molecule has 0 saturated carbocycles. The lowest BCUT2D eigenvalue weighted by Crippen LogP contribution is -2.11. The lowest BCUT2D eigenvalue weighted by atomic mass is 10.1. The summed E-state index contributed by atoms with van der Waals surface area (Å²) in [5, 5.41) is 2.87. The molecule has 0 unspecified atom stereocenters. The van der Waals surface area contributed by atoms with Gasteiger partial charge in [0.15, 0.2) is 11.3 Å². The molecule has 0 aliphatic heterocycles. The van der Waals surface area contributed by atoms with Gasteiger partial charge in [0.05, 0.1) is 6.26 Å². The number of nitrogens with zero attached hydrogens (tertiary/aromatic N) is 1. The molecule has 25 heavy (non-hydrogen) atoms. The maximum Gasteiger partial charge on any atom is 0.291 e. The molecule has 0 fully saturated rings. The topological polar surface area (TPSA) is 68.3 Å². The van der Waals surface area contributed by atoms with E-state index < -0.39 is 0 Å². The quantitative estimate of drug-likeness (QED) is 0.576. The number of aromatic nitrogens is 1. The highest BCUT2D eigenvalue weighted by atomic mass is 16.3. The minimum atomic E-state index is -0.293. The van der Waals surface area contributed by atoms with Crippen LogP contribution in [0.4, 0.5) is 5.69 Å². The molecule has 0 saturated heterocycles. The summed E-state index contributed by atoms with van der Waals surface area (Å²) in [5.41, 5.74) is 5.09. The monoisotopic (exact) mass is 332 g/mol. The van der Waals surface area contributed by atoms with Gasteiger partial charge in [-0.15, -0.1) is 0 Å².